The van der Waals surface area contributed by atoms with E-state index in [0.717, 1.165) is 46.5 Å². The van der Waals surface area contributed by atoms with E-state index in [4.69, 9.17) is 21.1 Å². The van der Waals surface area contributed by atoms with Crippen LogP contribution in [0.3, 0.4) is 0 Å². The lowest BCUT2D eigenvalue weighted by Gasteiger charge is -2.48. The van der Waals surface area contributed by atoms with Crippen molar-refractivity contribution in [3.8, 4) is 11.5 Å². The molecule has 5 rings (SSSR count). The van der Waals surface area contributed by atoms with Gasteiger partial charge >= 0.3 is 0 Å². The number of nitrogens with zero attached hydrogens (tertiary/aromatic N) is 1. The molecule has 0 radical (unpaired) electrons. The van der Waals surface area contributed by atoms with E-state index in [1.54, 1.807) is 0 Å². The third-order valence-corrected chi connectivity index (χ3v) is 8.63. The third-order valence-electron chi connectivity index (χ3n) is 8.35. The maximum atomic E-state index is 13.8. The van der Waals surface area contributed by atoms with Gasteiger partial charge in [-0.2, -0.15) is 0 Å². The Kier molecular flexibility index (Phi) is 7.41. The molecule has 0 saturated heterocycles. The number of benzene rings is 2. The molecule has 1 heterocycles. The van der Waals surface area contributed by atoms with Crippen LogP contribution in [0.1, 0.15) is 82.9 Å². The minimum Gasteiger partial charge on any atom is -0.490 e. The Balaban J connectivity index is 1.63. The molecular formula is C34H40ClNO4. The number of rotatable bonds is 6. The average Bonchev–Trinajstić information content (AvgIpc) is 2.85. The van der Waals surface area contributed by atoms with Gasteiger partial charge in [0.15, 0.2) is 23.1 Å². The van der Waals surface area contributed by atoms with Crippen LogP contribution in [0.25, 0.3) is 0 Å². The number of carbonyl (C=O) groups excluding carboxylic acids is 2. The van der Waals surface area contributed by atoms with Gasteiger partial charge in [-0.15, -0.1) is 0 Å². The Hall–Kier alpha value is -3.05. The Morgan fingerprint density at radius 2 is 1.43 bits per heavy atom. The van der Waals surface area contributed by atoms with E-state index in [1.807, 2.05) is 45.2 Å². The van der Waals surface area contributed by atoms with Gasteiger partial charge in [0, 0.05) is 48.3 Å². The standard InChI is InChI=1S/C34H40ClNO4/c1-8-39-28-14-22(13-23(35)32(28)40-19-21-11-9-20(2)10-12-21)29-30-24(15-33(3,4)17-26(30)37)36(7)25-16-34(5,6)18-27(38)31(25)29/h9-14,29H,8,15-19H2,1-7H3. The SMILES string of the molecule is CCOc1cc(C2C3=C(CC(C)(C)CC3=O)N(C)C3=C2C(=O)CC(C)(C)C3)cc(Cl)c1OCc1ccc(C)cc1. The average molecular weight is 562 g/mol. The van der Waals surface area contributed by atoms with Crippen molar-refractivity contribution in [3.63, 3.8) is 0 Å². The van der Waals surface area contributed by atoms with Crippen molar-refractivity contribution >= 4 is 23.2 Å². The van der Waals surface area contributed by atoms with Crippen molar-refractivity contribution in [2.24, 2.45) is 10.8 Å². The summed E-state index contributed by atoms with van der Waals surface area (Å²) < 4.78 is 12.2. The highest BCUT2D eigenvalue weighted by Gasteiger charge is 2.48. The largest absolute Gasteiger partial charge is 0.490 e. The fraction of sp³-hybridized carbons (Fsp3) is 0.471. The van der Waals surface area contributed by atoms with E-state index < -0.39 is 5.92 Å². The van der Waals surface area contributed by atoms with E-state index in [-0.39, 0.29) is 22.4 Å². The quantitative estimate of drug-likeness (QED) is 0.358. The molecule has 0 saturated carbocycles. The van der Waals surface area contributed by atoms with E-state index in [2.05, 4.69) is 44.7 Å². The summed E-state index contributed by atoms with van der Waals surface area (Å²) in [6, 6.07) is 11.9. The zero-order chi connectivity index (χ0) is 29.0. The number of allylic oxidation sites excluding steroid dienone is 4. The number of carbonyl (C=O) groups is 2. The second-order valence-electron chi connectivity index (χ2n) is 13.1. The molecule has 0 N–H and O–H groups in total. The molecule has 2 aromatic carbocycles. The summed E-state index contributed by atoms with van der Waals surface area (Å²) >= 11 is 6.91. The Morgan fingerprint density at radius 3 is 1.95 bits per heavy atom. The molecule has 40 heavy (non-hydrogen) atoms. The van der Waals surface area contributed by atoms with Crippen LogP contribution < -0.4 is 9.47 Å². The van der Waals surface area contributed by atoms with Gasteiger partial charge < -0.3 is 14.4 Å². The molecule has 212 valence electrons. The van der Waals surface area contributed by atoms with Crippen LogP contribution >= 0.6 is 11.6 Å². The molecule has 2 aliphatic carbocycles. The van der Waals surface area contributed by atoms with E-state index in [0.29, 0.717) is 42.6 Å². The van der Waals surface area contributed by atoms with Crippen LogP contribution in [-0.2, 0) is 16.2 Å². The second-order valence-corrected chi connectivity index (χ2v) is 13.5. The summed E-state index contributed by atoms with van der Waals surface area (Å²) in [5, 5.41) is 0.406. The first-order valence-corrected chi connectivity index (χ1v) is 14.6. The molecular weight excluding hydrogens is 522 g/mol. The number of Topliss-reactive ketones (excluding diaryl/α,β-unsaturated/α-hetero) is 2. The van der Waals surface area contributed by atoms with Crippen LogP contribution in [0.15, 0.2) is 58.9 Å². The zero-order valence-electron chi connectivity index (χ0n) is 24.7. The molecule has 0 atom stereocenters. The first-order valence-electron chi connectivity index (χ1n) is 14.2. The molecule has 2 aromatic rings. The lowest BCUT2D eigenvalue weighted by atomic mass is 9.63. The topological polar surface area (TPSA) is 55.8 Å². The highest BCUT2D eigenvalue weighted by atomic mass is 35.5. The smallest absolute Gasteiger partial charge is 0.180 e. The lowest BCUT2D eigenvalue weighted by molar-refractivity contribution is -0.119. The Morgan fingerprint density at radius 1 is 0.875 bits per heavy atom. The minimum atomic E-state index is -0.476. The minimum absolute atomic E-state index is 0.0982. The number of halogens is 1. The molecule has 0 bridgehead atoms. The number of hydrogen-bond donors (Lipinski definition) is 0. The summed E-state index contributed by atoms with van der Waals surface area (Å²) in [6.45, 7) is 13.3. The predicted molar refractivity (Wildman–Crippen MR) is 159 cm³/mol. The third kappa shape index (κ3) is 5.33. The fourth-order valence-electron chi connectivity index (χ4n) is 6.50. The first kappa shape index (κ1) is 28.5. The summed E-state index contributed by atoms with van der Waals surface area (Å²) in [4.78, 5) is 29.8. The van der Waals surface area contributed by atoms with E-state index in [9.17, 15) is 9.59 Å². The second kappa shape index (κ2) is 10.4. The number of ketones is 2. The van der Waals surface area contributed by atoms with Gasteiger partial charge in [0.2, 0.25) is 0 Å². The van der Waals surface area contributed by atoms with Crippen LogP contribution in [-0.4, -0.2) is 30.1 Å². The summed E-state index contributed by atoms with van der Waals surface area (Å²) in [6.07, 6.45) is 2.44. The van der Waals surface area contributed by atoms with Gasteiger partial charge in [-0.1, -0.05) is 69.1 Å². The molecule has 0 spiro atoms. The van der Waals surface area contributed by atoms with Gasteiger partial charge in [-0.25, -0.2) is 0 Å². The van der Waals surface area contributed by atoms with Crippen molar-refractivity contribution in [2.75, 3.05) is 13.7 Å². The number of aryl methyl sites for hydroxylation is 1. The molecule has 0 aromatic heterocycles. The fourth-order valence-corrected chi connectivity index (χ4v) is 6.77. The van der Waals surface area contributed by atoms with Crippen LogP contribution in [0.2, 0.25) is 5.02 Å². The summed E-state index contributed by atoms with van der Waals surface area (Å²) in [5.41, 5.74) is 6.19. The van der Waals surface area contributed by atoms with Gasteiger partial charge in [0.25, 0.3) is 0 Å². The number of ether oxygens (including phenoxy) is 2. The van der Waals surface area contributed by atoms with Crippen molar-refractivity contribution < 1.29 is 19.1 Å². The van der Waals surface area contributed by atoms with Gasteiger partial charge in [-0.05, 0) is 60.8 Å². The summed E-state index contributed by atoms with van der Waals surface area (Å²) in [7, 11) is 2.02. The zero-order valence-corrected chi connectivity index (χ0v) is 25.5. The lowest BCUT2D eigenvalue weighted by Crippen LogP contribution is -2.43. The van der Waals surface area contributed by atoms with Gasteiger partial charge in [-0.3, -0.25) is 9.59 Å². The highest BCUT2D eigenvalue weighted by Crippen LogP contribution is 2.55. The van der Waals surface area contributed by atoms with E-state index in [1.165, 1.54) is 5.56 Å². The molecule has 0 amide bonds. The van der Waals surface area contributed by atoms with Crippen molar-refractivity contribution in [3.05, 3.63) is 80.7 Å². The maximum Gasteiger partial charge on any atom is 0.180 e. The van der Waals surface area contributed by atoms with Gasteiger partial charge in [0.1, 0.15) is 6.61 Å². The van der Waals surface area contributed by atoms with Crippen LogP contribution in [0, 0.1) is 17.8 Å². The van der Waals surface area contributed by atoms with E-state index >= 15 is 0 Å². The van der Waals surface area contributed by atoms with Crippen LogP contribution in [0.5, 0.6) is 11.5 Å². The highest BCUT2D eigenvalue weighted by molar-refractivity contribution is 6.32. The molecule has 0 fully saturated rings. The molecule has 3 aliphatic rings. The monoisotopic (exact) mass is 561 g/mol. The predicted octanol–water partition coefficient (Wildman–Crippen LogP) is 7.94. The molecule has 6 heteroatoms. The first-order chi connectivity index (χ1) is 18.8. The normalized spacial score (nSPS) is 20.4. The Bertz CT molecular complexity index is 1380. The maximum absolute atomic E-state index is 13.8. The van der Waals surface area contributed by atoms with Crippen LogP contribution in [0.4, 0.5) is 0 Å². The molecule has 0 unspecified atom stereocenters. The molecule has 1 aliphatic heterocycles. The van der Waals surface area contributed by atoms with Gasteiger partial charge in [0.05, 0.1) is 11.6 Å². The van der Waals surface area contributed by atoms with Crippen molar-refractivity contribution in [2.45, 2.75) is 79.8 Å². The summed E-state index contributed by atoms with van der Waals surface area (Å²) in [5.74, 6) is 0.710. The Labute approximate surface area is 243 Å². The van der Waals surface area contributed by atoms with Crippen molar-refractivity contribution in [1.29, 1.82) is 0 Å². The molecule has 5 nitrogen and oxygen atoms in total. The number of hydrogen-bond acceptors (Lipinski definition) is 5. The van der Waals surface area contributed by atoms with Crippen molar-refractivity contribution in [1.82, 2.24) is 4.90 Å².